The van der Waals surface area contributed by atoms with Crippen LogP contribution in [0.2, 0.25) is 5.02 Å². The van der Waals surface area contributed by atoms with Gasteiger partial charge < -0.3 is 10.1 Å². The fourth-order valence-electron chi connectivity index (χ4n) is 2.04. The summed E-state index contributed by atoms with van der Waals surface area (Å²) < 4.78 is 29.2. The highest BCUT2D eigenvalue weighted by Gasteiger charge is 2.13. The second-order valence-electron chi connectivity index (χ2n) is 5.16. The highest BCUT2D eigenvalue weighted by molar-refractivity contribution is 6.33. The zero-order valence-corrected chi connectivity index (χ0v) is 14.2. The van der Waals surface area contributed by atoms with Gasteiger partial charge in [-0.15, -0.1) is 0 Å². The number of nitro groups is 1. The number of hydrogen-bond acceptors (Lipinski definition) is 4. The molecular formula is C17H13ClF2N2O4. The van der Waals surface area contributed by atoms with Crippen molar-refractivity contribution in [2.24, 2.45) is 0 Å². The number of amides is 1. The van der Waals surface area contributed by atoms with Crippen molar-refractivity contribution in [1.29, 1.82) is 0 Å². The first kappa shape index (κ1) is 19.3. The first-order valence-corrected chi connectivity index (χ1v) is 7.62. The second kappa shape index (κ2) is 8.39. The van der Waals surface area contributed by atoms with Gasteiger partial charge in [0.25, 0.3) is 5.69 Å². The third kappa shape index (κ3) is 5.25. The van der Waals surface area contributed by atoms with E-state index >= 15 is 0 Å². The maximum atomic E-state index is 12.4. The number of anilines is 1. The van der Waals surface area contributed by atoms with Gasteiger partial charge in [-0.3, -0.25) is 14.9 Å². The predicted octanol–water partition coefficient (Wildman–Crippen LogP) is 4.81. The van der Waals surface area contributed by atoms with Crippen molar-refractivity contribution in [3.05, 3.63) is 68.7 Å². The van der Waals surface area contributed by atoms with E-state index < -0.39 is 17.4 Å². The first-order chi connectivity index (χ1) is 12.3. The molecule has 0 saturated carbocycles. The van der Waals surface area contributed by atoms with Gasteiger partial charge in [-0.2, -0.15) is 8.78 Å². The molecule has 2 aromatic carbocycles. The highest BCUT2D eigenvalue weighted by Crippen LogP contribution is 2.27. The van der Waals surface area contributed by atoms with E-state index in [-0.39, 0.29) is 17.0 Å². The summed E-state index contributed by atoms with van der Waals surface area (Å²) in [5.41, 5.74) is 0.918. The van der Waals surface area contributed by atoms with Crippen molar-refractivity contribution < 1.29 is 23.2 Å². The van der Waals surface area contributed by atoms with E-state index in [0.29, 0.717) is 10.7 Å². The minimum atomic E-state index is -3.11. The van der Waals surface area contributed by atoms with Gasteiger partial charge in [0.2, 0.25) is 5.91 Å². The van der Waals surface area contributed by atoms with Gasteiger partial charge in [0.05, 0.1) is 15.6 Å². The molecule has 1 N–H and O–H groups in total. The Morgan fingerprint density at radius 1 is 1.31 bits per heavy atom. The van der Waals surface area contributed by atoms with Crippen LogP contribution in [0.25, 0.3) is 6.08 Å². The van der Waals surface area contributed by atoms with Gasteiger partial charge in [0, 0.05) is 23.8 Å². The molecule has 0 spiro atoms. The molecule has 2 aromatic rings. The van der Waals surface area contributed by atoms with Crippen LogP contribution in [0.4, 0.5) is 20.2 Å². The molecule has 26 heavy (non-hydrogen) atoms. The molecule has 136 valence electrons. The lowest BCUT2D eigenvalue weighted by molar-refractivity contribution is -0.384. The number of halogens is 3. The van der Waals surface area contributed by atoms with Gasteiger partial charge in [-0.25, -0.2) is 0 Å². The van der Waals surface area contributed by atoms with Crippen LogP contribution in [0.5, 0.6) is 5.75 Å². The van der Waals surface area contributed by atoms with Gasteiger partial charge in [-0.1, -0.05) is 17.7 Å². The average Bonchev–Trinajstić information content (AvgIpc) is 2.56. The van der Waals surface area contributed by atoms with Crippen molar-refractivity contribution in [3.8, 4) is 5.75 Å². The van der Waals surface area contributed by atoms with Crippen molar-refractivity contribution in [2.75, 3.05) is 5.32 Å². The van der Waals surface area contributed by atoms with E-state index in [4.69, 9.17) is 11.6 Å². The Morgan fingerprint density at radius 2 is 2.04 bits per heavy atom. The summed E-state index contributed by atoms with van der Waals surface area (Å²) in [5, 5.41) is 13.7. The Balaban J connectivity index is 2.22. The van der Waals surface area contributed by atoms with Gasteiger partial charge >= 0.3 is 6.61 Å². The third-order valence-corrected chi connectivity index (χ3v) is 3.53. The molecule has 0 radical (unpaired) electrons. The number of nitro benzene ring substituents is 1. The van der Waals surface area contributed by atoms with E-state index in [1.807, 2.05) is 6.92 Å². The van der Waals surface area contributed by atoms with Crippen LogP contribution in [0, 0.1) is 17.0 Å². The van der Waals surface area contributed by atoms with E-state index in [9.17, 15) is 23.7 Å². The monoisotopic (exact) mass is 382 g/mol. The molecule has 2 rings (SSSR count). The molecule has 0 atom stereocenters. The number of alkyl halides is 2. The molecule has 0 heterocycles. The number of aryl methyl sites for hydroxylation is 1. The highest BCUT2D eigenvalue weighted by atomic mass is 35.5. The Morgan fingerprint density at radius 3 is 2.65 bits per heavy atom. The minimum Gasteiger partial charge on any atom is -0.434 e. The van der Waals surface area contributed by atoms with Crippen LogP contribution in [-0.2, 0) is 4.79 Å². The van der Waals surface area contributed by atoms with Gasteiger partial charge in [0.1, 0.15) is 5.75 Å². The number of nitrogens with one attached hydrogen (secondary N) is 1. The Bertz CT molecular complexity index is 872. The van der Waals surface area contributed by atoms with Crippen molar-refractivity contribution in [2.45, 2.75) is 13.5 Å². The predicted molar refractivity (Wildman–Crippen MR) is 93.6 cm³/mol. The van der Waals surface area contributed by atoms with Gasteiger partial charge in [0.15, 0.2) is 0 Å². The lowest BCUT2D eigenvalue weighted by Gasteiger charge is -2.08. The van der Waals surface area contributed by atoms with Crippen LogP contribution in [0.15, 0.2) is 42.5 Å². The topological polar surface area (TPSA) is 81.5 Å². The molecule has 0 unspecified atom stereocenters. The largest absolute Gasteiger partial charge is 0.434 e. The zero-order valence-electron chi connectivity index (χ0n) is 13.4. The van der Waals surface area contributed by atoms with Crippen LogP contribution in [-0.4, -0.2) is 17.4 Å². The minimum absolute atomic E-state index is 0.0374. The molecule has 9 heteroatoms. The van der Waals surface area contributed by atoms with Crippen molar-refractivity contribution in [3.63, 3.8) is 0 Å². The van der Waals surface area contributed by atoms with Crippen LogP contribution < -0.4 is 10.1 Å². The molecule has 1 amide bonds. The van der Waals surface area contributed by atoms with Crippen molar-refractivity contribution in [1.82, 2.24) is 0 Å². The Kier molecular flexibility index (Phi) is 6.24. The van der Waals surface area contributed by atoms with E-state index in [1.54, 1.807) is 18.2 Å². The standard InChI is InChI=1S/C17H13ClF2N2O4/c1-10-2-5-14(13(18)8-10)21-16(23)7-3-11-9-12(22(24)25)4-6-15(11)26-17(19)20/h2-9,17H,1H3,(H,21,23). The summed E-state index contributed by atoms with van der Waals surface area (Å²) in [4.78, 5) is 22.1. The fraction of sp³-hybridized carbons (Fsp3) is 0.118. The average molecular weight is 383 g/mol. The smallest absolute Gasteiger partial charge is 0.387 e. The summed E-state index contributed by atoms with van der Waals surface area (Å²) >= 11 is 6.01. The molecular weight excluding hydrogens is 370 g/mol. The lowest BCUT2D eigenvalue weighted by Crippen LogP contribution is -2.08. The number of ether oxygens (including phenoxy) is 1. The van der Waals surface area contributed by atoms with Crippen molar-refractivity contribution >= 4 is 35.0 Å². The Labute approximate surface area is 152 Å². The third-order valence-electron chi connectivity index (χ3n) is 3.22. The van der Waals surface area contributed by atoms with E-state index in [2.05, 4.69) is 10.1 Å². The Hall–Kier alpha value is -3.00. The number of carbonyl (C=O) groups is 1. The molecule has 0 saturated heterocycles. The SMILES string of the molecule is Cc1ccc(NC(=O)C=Cc2cc([N+](=O)[O-])ccc2OC(F)F)c(Cl)c1. The number of carbonyl (C=O) groups excluding carboxylic acids is 1. The molecule has 6 nitrogen and oxygen atoms in total. The molecule has 0 fully saturated rings. The van der Waals surface area contributed by atoms with Crippen LogP contribution in [0.3, 0.4) is 0 Å². The number of hydrogen-bond donors (Lipinski definition) is 1. The molecule has 0 aliphatic rings. The first-order valence-electron chi connectivity index (χ1n) is 7.24. The quantitative estimate of drug-likeness (QED) is 0.441. The van der Waals surface area contributed by atoms with E-state index in [1.165, 1.54) is 0 Å². The maximum absolute atomic E-state index is 12.4. The summed E-state index contributed by atoms with van der Waals surface area (Å²) in [6.07, 6.45) is 2.18. The second-order valence-corrected chi connectivity index (χ2v) is 5.57. The molecule has 0 aliphatic heterocycles. The molecule has 0 bridgehead atoms. The molecule has 0 aromatic heterocycles. The summed E-state index contributed by atoms with van der Waals surface area (Å²) in [6.45, 7) is -1.27. The van der Waals surface area contributed by atoms with Crippen LogP contribution in [0.1, 0.15) is 11.1 Å². The number of rotatable bonds is 6. The van der Waals surface area contributed by atoms with E-state index in [0.717, 1.165) is 35.9 Å². The summed E-state index contributed by atoms with van der Waals surface area (Å²) in [6, 6.07) is 8.12. The zero-order chi connectivity index (χ0) is 19.3. The number of benzene rings is 2. The summed E-state index contributed by atoms with van der Waals surface area (Å²) in [7, 11) is 0. The maximum Gasteiger partial charge on any atom is 0.387 e. The number of nitrogens with zero attached hydrogens (tertiary/aromatic N) is 1. The normalized spacial score (nSPS) is 11.0. The summed E-state index contributed by atoms with van der Waals surface area (Å²) in [5.74, 6) is -0.881. The lowest BCUT2D eigenvalue weighted by atomic mass is 10.1. The van der Waals surface area contributed by atoms with Crippen LogP contribution >= 0.6 is 11.6 Å². The fourth-order valence-corrected chi connectivity index (χ4v) is 2.33. The number of non-ortho nitro benzene ring substituents is 1. The van der Waals surface area contributed by atoms with Gasteiger partial charge in [-0.05, 0) is 36.8 Å². The molecule has 0 aliphatic carbocycles.